The maximum Gasteiger partial charge on any atom is 0.309 e. The Morgan fingerprint density at radius 2 is 2.10 bits per heavy atom. The van der Waals surface area contributed by atoms with E-state index in [0.29, 0.717) is 11.7 Å². The highest BCUT2D eigenvalue weighted by Gasteiger charge is 2.41. The summed E-state index contributed by atoms with van der Waals surface area (Å²) >= 11 is 0. The van der Waals surface area contributed by atoms with Crippen LogP contribution in [0.15, 0.2) is 18.2 Å². The highest BCUT2D eigenvalue weighted by molar-refractivity contribution is 5.74. The zero-order valence-electron chi connectivity index (χ0n) is 12.5. The molecule has 1 aliphatic rings. The van der Waals surface area contributed by atoms with E-state index in [4.69, 9.17) is 0 Å². The van der Waals surface area contributed by atoms with Gasteiger partial charge in [0, 0.05) is 0 Å². The van der Waals surface area contributed by atoms with Gasteiger partial charge >= 0.3 is 5.97 Å². The topological polar surface area (TPSA) is 57.5 Å². The van der Waals surface area contributed by atoms with Gasteiger partial charge in [0.2, 0.25) is 0 Å². The molecule has 2 atom stereocenters. The standard InChI is InChI=1S/C17H24O3/c1-4-15(17(2,3)16(19)20)13-6-5-12-10-14(18)8-7-11(12)9-13/h7-8,10,13,15,18H,4-6,9H2,1-3H3,(H,19,20)/t13-,15-/m1/s1. The van der Waals surface area contributed by atoms with Gasteiger partial charge in [0.05, 0.1) is 5.41 Å². The number of hydrogen-bond donors (Lipinski definition) is 2. The fraction of sp³-hybridized carbons (Fsp3) is 0.588. The number of aryl methyl sites for hydroxylation is 1. The highest BCUT2D eigenvalue weighted by Crippen LogP contribution is 2.42. The molecular formula is C17H24O3. The third-order valence-corrected chi connectivity index (χ3v) is 4.94. The first-order valence-corrected chi connectivity index (χ1v) is 7.40. The fourth-order valence-electron chi connectivity index (χ4n) is 3.70. The number of rotatable bonds is 4. The molecule has 0 bridgehead atoms. The highest BCUT2D eigenvalue weighted by atomic mass is 16.4. The Hall–Kier alpha value is -1.51. The summed E-state index contributed by atoms with van der Waals surface area (Å²) in [7, 11) is 0. The summed E-state index contributed by atoms with van der Waals surface area (Å²) in [6.07, 6.45) is 3.74. The number of carbonyl (C=O) groups is 1. The summed E-state index contributed by atoms with van der Waals surface area (Å²) in [4.78, 5) is 11.5. The average molecular weight is 276 g/mol. The van der Waals surface area contributed by atoms with Gasteiger partial charge in [-0.3, -0.25) is 4.79 Å². The maximum atomic E-state index is 11.5. The van der Waals surface area contributed by atoms with E-state index in [1.807, 2.05) is 26.0 Å². The molecule has 0 aliphatic heterocycles. The van der Waals surface area contributed by atoms with E-state index in [2.05, 4.69) is 6.92 Å². The summed E-state index contributed by atoms with van der Waals surface area (Å²) in [6.45, 7) is 5.77. The Labute approximate surface area is 120 Å². The third-order valence-electron chi connectivity index (χ3n) is 4.94. The van der Waals surface area contributed by atoms with Crippen LogP contribution in [0.5, 0.6) is 5.75 Å². The number of phenolic OH excluding ortho intramolecular Hbond substituents is 1. The van der Waals surface area contributed by atoms with E-state index in [0.717, 1.165) is 25.7 Å². The van der Waals surface area contributed by atoms with E-state index in [-0.39, 0.29) is 5.92 Å². The second-order valence-corrected chi connectivity index (χ2v) is 6.50. The number of carboxylic acid groups (broad SMARTS) is 1. The molecule has 0 saturated carbocycles. The minimum atomic E-state index is -0.708. The Kier molecular flexibility index (Phi) is 4.07. The Balaban J connectivity index is 2.23. The van der Waals surface area contributed by atoms with E-state index in [1.165, 1.54) is 11.1 Å². The molecule has 110 valence electrons. The molecular weight excluding hydrogens is 252 g/mol. The van der Waals surface area contributed by atoms with Gasteiger partial charge in [0.1, 0.15) is 5.75 Å². The Morgan fingerprint density at radius 3 is 2.70 bits per heavy atom. The SMILES string of the molecule is CC[C@H]([C@@H]1CCc2cc(O)ccc2C1)C(C)(C)C(=O)O. The third kappa shape index (κ3) is 2.67. The number of benzene rings is 1. The average Bonchev–Trinajstić information content (AvgIpc) is 2.39. The first-order valence-electron chi connectivity index (χ1n) is 7.40. The van der Waals surface area contributed by atoms with Crippen LogP contribution in [0.25, 0.3) is 0 Å². The van der Waals surface area contributed by atoms with Crippen LogP contribution in [-0.4, -0.2) is 16.2 Å². The predicted octanol–water partition coefficient (Wildman–Crippen LogP) is 3.63. The molecule has 0 radical (unpaired) electrons. The van der Waals surface area contributed by atoms with Crippen LogP contribution >= 0.6 is 0 Å². The number of hydrogen-bond acceptors (Lipinski definition) is 2. The second kappa shape index (κ2) is 5.47. The van der Waals surface area contributed by atoms with Crippen LogP contribution in [0.4, 0.5) is 0 Å². The van der Waals surface area contributed by atoms with Gasteiger partial charge < -0.3 is 10.2 Å². The fourth-order valence-corrected chi connectivity index (χ4v) is 3.70. The molecule has 3 nitrogen and oxygen atoms in total. The van der Waals surface area contributed by atoms with Crippen molar-refractivity contribution in [1.29, 1.82) is 0 Å². The van der Waals surface area contributed by atoms with E-state index in [9.17, 15) is 15.0 Å². The molecule has 0 unspecified atom stereocenters. The minimum Gasteiger partial charge on any atom is -0.508 e. The number of phenols is 1. The second-order valence-electron chi connectivity index (χ2n) is 6.50. The molecule has 20 heavy (non-hydrogen) atoms. The van der Waals surface area contributed by atoms with Crippen LogP contribution in [0.3, 0.4) is 0 Å². The largest absolute Gasteiger partial charge is 0.508 e. The predicted molar refractivity (Wildman–Crippen MR) is 78.8 cm³/mol. The van der Waals surface area contributed by atoms with E-state index < -0.39 is 11.4 Å². The van der Waals surface area contributed by atoms with Gasteiger partial charge in [-0.15, -0.1) is 0 Å². The molecule has 0 amide bonds. The van der Waals surface area contributed by atoms with Crippen molar-refractivity contribution in [2.75, 3.05) is 0 Å². The minimum absolute atomic E-state index is 0.182. The molecule has 3 heteroatoms. The lowest BCUT2D eigenvalue weighted by Crippen LogP contribution is -2.39. The number of carboxylic acids is 1. The number of fused-ring (bicyclic) bond motifs is 1. The molecule has 0 fully saturated rings. The zero-order valence-corrected chi connectivity index (χ0v) is 12.5. The van der Waals surface area contributed by atoms with Crippen LogP contribution in [-0.2, 0) is 17.6 Å². The van der Waals surface area contributed by atoms with Crippen molar-refractivity contribution in [1.82, 2.24) is 0 Å². The quantitative estimate of drug-likeness (QED) is 0.882. The van der Waals surface area contributed by atoms with E-state index in [1.54, 1.807) is 6.07 Å². The van der Waals surface area contributed by atoms with E-state index >= 15 is 0 Å². The van der Waals surface area contributed by atoms with Crippen molar-refractivity contribution in [3.63, 3.8) is 0 Å². The van der Waals surface area contributed by atoms with Crippen molar-refractivity contribution in [2.45, 2.75) is 46.5 Å². The molecule has 0 heterocycles. The first-order chi connectivity index (χ1) is 9.36. The first kappa shape index (κ1) is 14.9. The molecule has 0 aromatic heterocycles. The van der Waals surface area contributed by atoms with Crippen molar-refractivity contribution in [2.24, 2.45) is 17.3 Å². The van der Waals surface area contributed by atoms with Gasteiger partial charge in [-0.2, -0.15) is 0 Å². The molecule has 0 saturated heterocycles. The smallest absolute Gasteiger partial charge is 0.309 e. The van der Waals surface area contributed by atoms with Crippen LogP contribution in [0, 0.1) is 17.3 Å². The monoisotopic (exact) mass is 276 g/mol. The van der Waals surface area contributed by atoms with Crippen molar-refractivity contribution in [3.8, 4) is 5.75 Å². The number of aromatic hydroxyl groups is 1. The van der Waals surface area contributed by atoms with Crippen molar-refractivity contribution >= 4 is 5.97 Å². The lowest BCUT2D eigenvalue weighted by molar-refractivity contribution is -0.151. The molecule has 1 aromatic carbocycles. The van der Waals surface area contributed by atoms with Gasteiger partial charge in [-0.25, -0.2) is 0 Å². The number of aliphatic carboxylic acids is 1. The molecule has 0 spiro atoms. The maximum absolute atomic E-state index is 11.5. The Morgan fingerprint density at radius 1 is 1.40 bits per heavy atom. The molecule has 1 aliphatic carbocycles. The molecule has 1 aromatic rings. The summed E-state index contributed by atoms with van der Waals surface area (Å²) in [5, 5.41) is 19.0. The summed E-state index contributed by atoms with van der Waals surface area (Å²) in [6, 6.07) is 5.55. The zero-order chi connectivity index (χ0) is 14.9. The van der Waals surface area contributed by atoms with Gasteiger partial charge in [0.25, 0.3) is 0 Å². The van der Waals surface area contributed by atoms with Crippen molar-refractivity contribution in [3.05, 3.63) is 29.3 Å². The summed E-state index contributed by atoms with van der Waals surface area (Å²) < 4.78 is 0. The summed E-state index contributed by atoms with van der Waals surface area (Å²) in [5.74, 6) is 0.200. The lowest BCUT2D eigenvalue weighted by Gasteiger charge is -2.38. The van der Waals surface area contributed by atoms with Gasteiger partial charge in [0.15, 0.2) is 0 Å². The lowest BCUT2D eigenvalue weighted by atomic mass is 9.65. The van der Waals surface area contributed by atoms with Crippen molar-refractivity contribution < 1.29 is 15.0 Å². The van der Waals surface area contributed by atoms with Gasteiger partial charge in [-0.05, 0) is 68.2 Å². The van der Waals surface area contributed by atoms with Crippen LogP contribution < -0.4 is 0 Å². The molecule has 2 N–H and O–H groups in total. The Bertz CT molecular complexity index is 505. The van der Waals surface area contributed by atoms with Crippen LogP contribution in [0.2, 0.25) is 0 Å². The summed E-state index contributed by atoms with van der Waals surface area (Å²) in [5.41, 5.74) is 1.79. The molecule has 2 rings (SSSR count). The van der Waals surface area contributed by atoms with Crippen LogP contribution in [0.1, 0.15) is 44.7 Å². The normalized spacial score (nSPS) is 20.2. The van der Waals surface area contributed by atoms with Gasteiger partial charge in [-0.1, -0.05) is 19.4 Å².